The van der Waals surface area contributed by atoms with Crippen molar-refractivity contribution in [2.45, 2.75) is 25.8 Å². The van der Waals surface area contributed by atoms with Crippen molar-refractivity contribution in [3.8, 4) is 0 Å². The lowest BCUT2D eigenvalue weighted by Gasteiger charge is -2.37. The number of hydrogen-bond acceptors (Lipinski definition) is 5. The van der Waals surface area contributed by atoms with Gasteiger partial charge in [0.05, 0.1) is 18.9 Å². The van der Waals surface area contributed by atoms with Gasteiger partial charge in [0.1, 0.15) is 0 Å². The first-order valence-electron chi connectivity index (χ1n) is 9.34. The summed E-state index contributed by atoms with van der Waals surface area (Å²) >= 11 is 3.25. The number of ether oxygens (including phenoxy) is 1. The number of rotatable bonds is 5. The van der Waals surface area contributed by atoms with Crippen molar-refractivity contribution in [2.24, 2.45) is 11.3 Å². The van der Waals surface area contributed by atoms with Crippen LogP contribution in [0, 0.1) is 11.3 Å². The van der Waals surface area contributed by atoms with Crippen molar-refractivity contribution in [1.82, 2.24) is 10.2 Å². The maximum atomic E-state index is 13.0. The van der Waals surface area contributed by atoms with E-state index in [9.17, 15) is 9.59 Å². The van der Waals surface area contributed by atoms with Crippen LogP contribution < -0.4 is 5.32 Å². The molecule has 4 rings (SSSR count). The Bertz CT molecular complexity index is 767. The fourth-order valence-electron chi connectivity index (χ4n) is 4.19. The third kappa shape index (κ3) is 4.10. The molecule has 0 saturated carbocycles. The van der Waals surface area contributed by atoms with Crippen LogP contribution in [0.25, 0.3) is 0 Å². The van der Waals surface area contributed by atoms with E-state index in [1.807, 2.05) is 39.9 Å². The number of nitrogens with one attached hydrogen (secondary N) is 1. The van der Waals surface area contributed by atoms with Crippen molar-refractivity contribution in [2.75, 3.05) is 26.3 Å². The fraction of sp³-hybridized carbons (Fsp3) is 0.500. The van der Waals surface area contributed by atoms with Gasteiger partial charge in [0.15, 0.2) is 0 Å². The highest BCUT2D eigenvalue weighted by Gasteiger charge is 2.51. The Kier molecular flexibility index (Phi) is 5.61. The second-order valence-electron chi connectivity index (χ2n) is 7.35. The molecule has 0 aliphatic carbocycles. The van der Waals surface area contributed by atoms with Gasteiger partial charge < -0.3 is 15.0 Å². The van der Waals surface area contributed by atoms with E-state index >= 15 is 0 Å². The van der Waals surface area contributed by atoms with Crippen LogP contribution in [-0.2, 0) is 27.3 Å². The standard InChI is InChI=1S/C20H24N2O3S2/c23-18(11-15-3-1-9-26-15)22-13-17(20(14-22)5-7-25-8-6-20)19(24)21-12-16-4-2-10-27-16/h1-4,9-10,17H,5-8,11-14H2,(H,21,24). The second kappa shape index (κ2) is 8.12. The van der Waals surface area contributed by atoms with Gasteiger partial charge >= 0.3 is 0 Å². The summed E-state index contributed by atoms with van der Waals surface area (Å²) in [5, 5.41) is 7.11. The molecule has 2 aliphatic heterocycles. The van der Waals surface area contributed by atoms with Crippen molar-refractivity contribution >= 4 is 34.5 Å². The number of likely N-dealkylation sites (tertiary alicyclic amines) is 1. The number of thiophene rings is 2. The molecule has 2 amide bonds. The molecule has 1 atom stereocenters. The molecule has 2 aromatic heterocycles. The molecule has 0 radical (unpaired) electrons. The molecule has 5 nitrogen and oxygen atoms in total. The predicted octanol–water partition coefficient (Wildman–Crippen LogP) is 2.92. The Morgan fingerprint density at radius 3 is 2.52 bits per heavy atom. The van der Waals surface area contributed by atoms with Gasteiger partial charge in [-0.25, -0.2) is 0 Å². The van der Waals surface area contributed by atoms with Gasteiger partial charge in [-0.2, -0.15) is 0 Å². The fourth-order valence-corrected chi connectivity index (χ4v) is 5.53. The van der Waals surface area contributed by atoms with Crippen LogP contribution in [0.5, 0.6) is 0 Å². The average Bonchev–Trinajstić information content (AvgIpc) is 3.42. The van der Waals surface area contributed by atoms with Crippen LogP contribution in [0.4, 0.5) is 0 Å². The van der Waals surface area contributed by atoms with E-state index in [2.05, 4.69) is 5.32 Å². The highest BCUT2D eigenvalue weighted by molar-refractivity contribution is 7.10. The maximum Gasteiger partial charge on any atom is 0.227 e. The monoisotopic (exact) mass is 404 g/mol. The molecular weight excluding hydrogens is 380 g/mol. The van der Waals surface area contributed by atoms with Crippen LogP contribution in [0.1, 0.15) is 22.6 Å². The largest absolute Gasteiger partial charge is 0.381 e. The first-order chi connectivity index (χ1) is 13.2. The van der Waals surface area contributed by atoms with Gasteiger partial charge in [-0.3, -0.25) is 9.59 Å². The first-order valence-corrected chi connectivity index (χ1v) is 11.1. The van der Waals surface area contributed by atoms with E-state index in [1.54, 1.807) is 22.7 Å². The zero-order valence-corrected chi connectivity index (χ0v) is 16.8. The molecule has 1 spiro atoms. The lowest BCUT2D eigenvalue weighted by molar-refractivity contribution is -0.130. The smallest absolute Gasteiger partial charge is 0.227 e. The molecule has 2 aromatic rings. The summed E-state index contributed by atoms with van der Waals surface area (Å²) in [6, 6.07) is 7.99. The Morgan fingerprint density at radius 2 is 1.85 bits per heavy atom. The zero-order chi connectivity index (χ0) is 18.7. The summed E-state index contributed by atoms with van der Waals surface area (Å²) in [6.07, 6.45) is 2.10. The minimum absolute atomic E-state index is 0.0664. The van der Waals surface area contributed by atoms with E-state index in [1.165, 1.54) is 0 Å². The molecule has 2 fully saturated rings. The van der Waals surface area contributed by atoms with Crippen LogP contribution >= 0.6 is 22.7 Å². The molecule has 1 unspecified atom stereocenters. The minimum Gasteiger partial charge on any atom is -0.381 e. The summed E-state index contributed by atoms with van der Waals surface area (Å²) in [7, 11) is 0. The molecule has 0 bridgehead atoms. The summed E-state index contributed by atoms with van der Waals surface area (Å²) in [5.41, 5.74) is -0.150. The maximum absolute atomic E-state index is 13.0. The summed E-state index contributed by atoms with van der Waals surface area (Å²) in [4.78, 5) is 30.0. The van der Waals surface area contributed by atoms with E-state index in [0.717, 1.165) is 22.6 Å². The molecule has 2 aliphatic rings. The van der Waals surface area contributed by atoms with Gasteiger partial charge in [0, 0.05) is 41.5 Å². The summed E-state index contributed by atoms with van der Waals surface area (Å²) in [5.74, 6) is 0.0299. The lowest BCUT2D eigenvalue weighted by Crippen LogP contribution is -2.44. The van der Waals surface area contributed by atoms with Crippen LogP contribution in [-0.4, -0.2) is 43.0 Å². The molecule has 144 valence electrons. The van der Waals surface area contributed by atoms with Gasteiger partial charge in [0.2, 0.25) is 11.8 Å². The minimum atomic E-state index is -0.159. The molecule has 7 heteroatoms. The summed E-state index contributed by atoms with van der Waals surface area (Å²) in [6.45, 7) is 3.07. The van der Waals surface area contributed by atoms with Crippen molar-refractivity contribution in [3.05, 3.63) is 44.8 Å². The molecule has 0 aromatic carbocycles. The van der Waals surface area contributed by atoms with E-state index in [4.69, 9.17) is 4.74 Å². The Morgan fingerprint density at radius 1 is 1.15 bits per heavy atom. The van der Waals surface area contributed by atoms with Crippen LogP contribution in [0.3, 0.4) is 0 Å². The van der Waals surface area contributed by atoms with Crippen LogP contribution in [0.2, 0.25) is 0 Å². The Balaban J connectivity index is 1.45. The van der Waals surface area contributed by atoms with Gasteiger partial charge in [-0.1, -0.05) is 12.1 Å². The number of hydrogen-bond donors (Lipinski definition) is 1. The van der Waals surface area contributed by atoms with Crippen molar-refractivity contribution in [3.63, 3.8) is 0 Å². The normalized spacial score (nSPS) is 21.5. The van der Waals surface area contributed by atoms with E-state index in [-0.39, 0.29) is 23.1 Å². The van der Waals surface area contributed by atoms with E-state index in [0.29, 0.717) is 39.3 Å². The third-order valence-electron chi connectivity index (χ3n) is 5.73. The number of nitrogens with zero attached hydrogens (tertiary/aromatic N) is 1. The lowest BCUT2D eigenvalue weighted by atomic mass is 9.72. The number of carbonyl (C=O) groups excluding carboxylic acids is 2. The quantitative estimate of drug-likeness (QED) is 0.834. The number of amides is 2. The highest BCUT2D eigenvalue weighted by atomic mass is 32.1. The number of carbonyl (C=O) groups is 2. The third-order valence-corrected chi connectivity index (χ3v) is 7.48. The van der Waals surface area contributed by atoms with Gasteiger partial charge in [-0.15, -0.1) is 22.7 Å². The van der Waals surface area contributed by atoms with Crippen LogP contribution in [0.15, 0.2) is 35.0 Å². The predicted molar refractivity (Wildman–Crippen MR) is 107 cm³/mol. The molecule has 2 saturated heterocycles. The highest BCUT2D eigenvalue weighted by Crippen LogP contribution is 2.44. The SMILES string of the molecule is O=C(NCc1cccs1)C1CN(C(=O)Cc2cccs2)CC12CCOCC2. The molecule has 1 N–H and O–H groups in total. The molecule has 27 heavy (non-hydrogen) atoms. The van der Waals surface area contributed by atoms with Crippen molar-refractivity contribution < 1.29 is 14.3 Å². The summed E-state index contributed by atoms with van der Waals surface area (Å²) < 4.78 is 5.55. The van der Waals surface area contributed by atoms with Gasteiger partial charge in [-0.05, 0) is 35.7 Å². The second-order valence-corrected chi connectivity index (χ2v) is 9.42. The molecule has 4 heterocycles. The van der Waals surface area contributed by atoms with Gasteiger partial charge in [0.25, 0.3) is 0 Å². The average molecular weight is 405 g/mol. The molecular formula is C20H24N2O3S2. The topological polar surface area (TPSA) is 58.6 Å². The van der Waals surface area contributed by atoms with Crippen molar-refractivity contribution in [1.29, 1.82) is 0 Å². The first kappa shape index (κ1) is 18.7. The zero-order valence-electron chi connectivity index (χ0n) is 15.2. The Labute approximate surface area is 167 Å². The Hall–Kier alpha value is -1.70. The van der Waals surface area contributed by atoms with E-state index < -0.39 is 0 Å².